The van der Waals surface area contributed by atoms with Gasteiger partial charge in [-0.3, -0.25) is 19.4 Å². The highest BCUT2D eigenvalue weighted by atomic mass is 79.9. The van der Waals surface area contributed by atoms with E-state index in [2.05, 4.69) is 26.2 Å². The Morgan fingerprint density at radius 1 is 1.02 bits per heavy atom. The molecule has 9 N–H and O–H groups in total. The number of rotatable bonds is 9. The second kappa shape index (κ2) is 13.7. The van der Waals surface area contributed by atoms with Crippen molar-refractivity contribution in [3.05, 3.63) is 64.1 Å². The van der Waals surface area contributed by atoms with Crippen LogP contribution < -0.4 is 22.5 Å². The summed E-state index contributed by atoms with van der Waals surface area (Å²) in [5, 5.41) is 22.2. The molecule has 1 atom stereocenters. The van der Waals surface area contributed by atoms with Gasteiger partial charge in [0.2, 0.25) is 0 Å². The first kappa shape index (κ1) is 32.9. The summed E-state index contributed by atoms with van der Waals surface area (Å²) in [6.07, 6.45) is 4.96. The smallest absolute Gasteiger partial charge is 0.320 e. The van der Waals surface area contributed by atoms with Gasteiger partial charge in [0.1, 0.15) is 6.04 Å². The van der Waals surface area contributed by atoms with Gasteiger partial charge in [-0.15, -0.1) is 0 Å². The summed E-state index contributed by atoms with van der Waals surface area (Å²) in [7, 11) is 0. The fourth-order valence-corrected chi connectivity index (χ4v) is 6.50. The molecule has 1 heterocycles. The number of nitrogens with two attached hydrogens (primary N) is 3. The van der Waals surface area contributed by atoms with Crippen molar-refractivity contribution < 1.29 is 24.6 Å². The normalized spacial score (nSPS) is 21.1. The zero-order valence-electron chi connectivity index (χ0n) is 24.7. The minimum Gasteiger partial charge on any atom is -0.481 e. The van der Waals surface area contributed by atoms with E-state index >= 15 is 0 Å². The average molecular weight is 668 g/mol. The zero-order chi connectivity index (χ0) is 32.1. The molecule has 0 unspecified atom stereocenters. The van der Waals surface area contributed by atoms with Crippen molar-refractivity contribution in [2.45, 2.75) is 69.9 Å². The van der Waals surface area contributed by atoms with E-state index in [4.69, 9.17) is 27.3 Å². The van der Waals surface area contributed by atoms with Crippen molar-refractivity contribution in [1.82, 2.24) is 10.3 Å². The maximum atomic E-state index is 13.8. The molecule has 2 aromatic carbocycles. The number of nitrogens with zero attached hydrogens (tertiary/aromatic N) is 2. The first-order valence-electron chi connectivity index (χ1n) is 14.6. The molecule has 3 aliphatic carbocycles. The predicted octanol–water partition coefficient (Wildman–Crippen LogP) is 4.33. The molecule has 234 valence electrons. The Kier molecular flexibility index (Phi) is 10.3. The zero-order valence-corrected chi connectivity index (χ0v) is 26.3. The molecule has 12 heteroatoms. The molecule has 11 nitrogen and oxygen atoms in total. The maximum Gasteiger partial charge on any atom is 0.320 e. The molecule has 3 fully saturated rings. The van der Waals surface area contributed by atoms with Crippen LogP contribution in [0.2, 0.25) is 0 Å². The van der Waals surface area contributed by atoms with Crippen LogP contribution in [0, 0.1) is 12.3 Å². The van der Waals surface area contributed by atoms with Crippen molar-refractivity contribution in [2.24, 2.45) is 27.6 Å². The molecule has 0 saturated heterocycles. The van der Waals surface area contributed by atoms with Crippen molar-refractivity contribution in [3.8, 4) is 11.3 Å². The highest BCUT2D eigenvalue weighted by molar-refractivity contribution is 9.10. The lowest BCUT2D eigenvalue weighted by Crippen LogP contribution is -2.58. The summed E-state index contributed by atoms with van der Waals surface area (Å²) in [6.45, 7) is 2.38. The lowest BCUT2D eigenvalue weighted by Gasteiger charge is -2.51. The number of benzene rings is 2. The van der Waals surface area contributed by atoms with E-state index in [1.807, 2.05) is 55.5 Å². The number of carbonyl (C=O) groups excluding carboxylic acids is 1. The molecule has 3 saturated carbocycles. The third-order valence-corrected chi connectivity index (χ3v) is 9.32. The minimum atomic E-state index is -1.00. The van der Waals surface area contributed by atoms with Crippen LogP contribution in [0.4, 0.5) is 0 Å². The molecule has 3 aliphatic rings. The number of amides is 1. The molecule has 0 aliphatic heterocycles. The molecule has 3 aromatic rings. The number of aliphatic carboxylic acids is 2. The van der Waals surface area contributed by atoms with Gasteiger partial charge in [-0.1, -0.05) is 46.3 Å². The van der Waals surface area contributed by atoms with Gasteiger partial charge < -0.3 is 32.7 Å². The van der Waals surface area contributed by atoms with Gasteiger partial charge >= 0.3 is 11.9 Å². The number of carbonyl (C=O) groups is 3. The second-order valence-corrected chi connectivity index (χ2v) is 12.6. The van der Waals surface area contributed by atoms with E-state index in [1.165, 1.54) is 0 Å². The van der Waals surface area contributed by atoms with Crippen LogP contribution in [0.15, 0.2) is 58.0 Å². The van der Waals surface area contributed by atoms with Crippen molar-refractivity contribution in [3.63, 3.8) is 0 Å². The average Bonchev–Trinajstić information content (AvgIpc) is 3.00. The van der Waals surface area contributed by atoms with E-state index in [0.717, 1.165) is 32.2 Å². The number of hydrogen-bond donors (Lipinski definition) is 6. The van der Waals surface area contributed by atoms with Crippen LogP contribution in [0.3, 0.4) is 0 Å². The Labute approximate surface area is 264 Å². The van der Waals surface area contributed by atoms with E-state index in [9.17, 15) is 19.5 Å². The molecular weight excluding hydrogens is 628 g/mol. The predicted molar refractivity (Wildman–Crippen MR) is 173 cm³/mol. The molecule has 1 aromatic heterocycles. The number of pyridine rings is 1. The molecule has 0 radical (unpaired) electrons. The van der Waals surface area contributed by atoms with Gasteiger partial charge in [0.15, 0.2) is 5.96 Å². The van der Waals surface area contributed by atoms with Gasteiger partial charge in [-0.2, -0.15) is 0 Å². The highest BCUT2D eigenvalue weighted by Gasteiger charge is 2.53. The topological polar surface area (TPSA) is 207 Å². The summed E-state index contributed by atoms with van der Waals surface area (Å²) >= 11 is 3.54. The maximum absolute atomic E-state index is 13.8. The van der Waals surface area contributed by atoms with Gasteiger partial charge in [-0.05, 0) is 82.1 Å². The Morgan fingerprint density at radius 3 is 2.23 bits per heavy atom. The number of fused-ring (bicyclic) bond motifs is 4. The minimum absolute atomic E-state index is 0.0129. The lowest BCUT2D eigenvalue weighted by molar-refractivity contribution is -0.156. The first-order valence-corrected chi connectivity index (χ1v) is 15.4. The van der Waals surface area contributed by atoms with Crippen LogP contribution in [0.1, 0.15) is 67.3 Å². The van der Waals surface area contributed by atoms with E-state index in [1.54, 1.807) is 0 Å². The molecule has 1 amide bonds. The summed E-state index contributed by atoms with van der Waals surface area (Å²) < 4.78 is 0.896. The first-order chi connectivity index (χ1) is 20.9. The monoisotopic (exact) mass is 666 g/mol. The highest BCUT2D eigenvalue weighted by Crippen LogP contribution is 2.52. The summed E-state index contributed by atoms with van der Waals surface area (Å²) in [6, 6.07) is 14.9. The third-order valence-electron chi connectivity index (χ3n) is 8.83. The van der Waals surface area contributed by atoms with Gasteiger partial charge in [0.05, 0.1) is 22.2 Å². The standard InChI is InChI=1S/C26H25BrN2O3.C6H14N4O2/c1-16-21(23(30)29-26-12-9-25(10-13-26,11-14-26)24(31)32)19-15-18(27)7-8-20(19)28-22(16)17-5-3-2-4-6-17;7-4(5(11)12)2-1-3-10-6(8)9/h2-8,15H,9-14H2,1H3,(H,29,30)(H,31,32);4H,1-3,7H2,(H,11,12)(H4,8,9,10)/t;4-/m.0/s1. The number of carboxylic acids is 2. The lowest BCUT2D eigenvalue weighted by atomic mass is 9.57. The quantitative estimate of drug-likeness (QED) is 0.109. The SMILES string of the molecule is Cc1c(-c2ccccc2)nc2ccc(Br)cc2c1C(=O)NC12CCC(C(=O)O)(CC1)CC2.NC(N)=NCCC[C@H](N)C(=O)O. The van der Waals surface area contributed by atoms with Crippen LogP contribution in [-0.2, 0) is 9.59 Å². The van der Waals surface area contributed by atoms with Gasteiger partial charge in [0, 0.05) is 27.5 Å². The number of halogens is 1. The molecular formula is C32H39BrN6O5. The number of carboxylic acid groups (broad SMARTS) is 2. The van der Waals surface area contributed by atoms with Crippen molar-refractivity contribution >= 4 is 50.6 Å². The number of nitrogens with one attached hydrogen (secondary N) is 1. The van der Waals surface area contributed by atoms with E-state index in [0.29, 0.717) is 63.5 Å². The van der Waals surface area contributed by atoms with Crippen molar-refractivity contribution in [2.75, 3.05) is 6.54 Å². The van der Waals surface area contributed by atoms with Gasteiger partial charge in [-0.25, -0.2) is 4.98 Å². The summed E-state index contributed by atoms with van der Waals surface area (Å²) in [5.74, 6) is -1.78. The third kappa shape index (κ3) is 7.36. The second-order valence-electron chi connectivity index (χ2n) is 11.7. The summed E-state index contributed by atoms with van der Waals surface area (Å²) in [4.78, 5) is 44.3. The fourth-order valence-electron chi connectivity index (χ4n) is 6.14. The Balaban J connectivity index is 0.000000314. The van der Waals surface area contributed by atoms with Crippen LogP contribution >= 0.6 is 15.9 Å². The van der Waals surface area contributed by atoms with E-state index < -0.39 is 23.4 Å². The number of aliphatic imine (C=N–C) groups is 1. The number of guanidine groups is 1. The number of aromatic nitrogens is 1. The number of hydrogen-bond acceptors (Lipinski definition) is 6. The molecule has 0 spiro atoms. The molecule has 44 heavy (non-hydrogen) atoms. The van der Waals surface area contributed by atoms with E-state index in [-0.39, 0.29) is 17.4 Å². The Hall–Kier alpha value is -4.03. The molecule has 2 bridgehead atoms. The Bertz CT molecular complexity index is 1550. The van der Waals surface area contributed by atoms with Crippen LogP contribution in [-0.4, -0.2) is 57.1 Å². The summed E-state index contributed by atoms with van der Waals surface area (Å²) in [5.41, 5.74) is 18.4. The largest absolute Gasteiger partial charge is 0.481 e. The van der Waals surface area contributed by atoms with Crippen LogP contribution in [0.25, 0.3) is 22.2 Å². The van der Waals surface area contributed by atoms with Crippen molar-refractivity contribution in [1.29, 1.82) is 0 Å². The van der Waals surface area contributed by atoms with Crippen LogP contribution in [0.5, 0.6) is 0 Å². The molecule has 6 rings (SSSR count). The van der Waals surface area contributed by atoms with Gasteiger partial charge in [0.25, 0.3) is 5.91 Å². The Morgan fingerprint density at radius 2 is 1.66 bits per heavy atom. The fraction of sp³-hybridized carbons (Fsp3) is 0.406.